The van der Waals surface area contributed by atoms with Crippen LogP contribution in [-0.2, 0) is 4.79 Å². The Hall–Kier alpha value is -2.50. The largest absolute Gasteiger partial charge is 0.486 e. The van der Waals surface area contributed by atoms with Crippen molar-refractivity contribution in [2.24, 2.45) is 5.92 Å². The Labute approximate surface area is 128 Å². The lowest BCUT2D eigenvalue weighted by Gasteiger charge is -2.18. The average Bonchev–Trinajstić information content (AvgIpc) is 3.05. The van der Waals surface area contributed by atoms with E-state index in [0.29, 0.717) is 36.7 Å². The molecule has 2 aliphatic rings. The number of fused-ring (bicyclic) bond motifs is 1. The number of hydrogen-bond acceptors (Lipinski definition) is 4. The van der Waals surface area contributed by atoms with Crippen LogP contribution in [0.5, 0.6) is 11.5 Å². The molecule has 0 radical (unpaired) electrons. The van der Waals surface area contributed by atoms with Gasteiger partial charge in [-0.2, -0.15) is 0 Å². The molecular formula is C16H18N2O4. The molecule has 1 atom stereocenters. The molecule has 1 aromatic rings. The van der Waals surface area contributed by atoms with Gasteiger partial charge in [0.05, 0.1) is 0 Å². The van der Waals surface area contributed by atoms with Gasteiger partial charge >= 0.3 is 0 Å². The molecule has 0 bridgehead atoms. The van der Waals surface area contributed by atoms with Gasteiger partial charge in [-0.15, -0.1) is 0 Å². The predicted octanol–water partition coefficient (Wildman–Crippen LogP) is 1.58. The maximum atomic E-state index is 12.0. The van der Waals surface area contributed by atoms with Crippen LogP contribution >= 0.6 is 0 Å². The average molecular weight is 302 g/mol. The number of benzene rings is 1. The monoisotopic (exact) mass is 302 g/mol. The first kappa shape index (κ1) is 14.4. The van der Waals surface area contributed by atoms with Crippen molar-refractivity contribution in [3.8, 4) is 11.5 Å². The van der Waals surface area contributed by atoms with Crippen molar-refractivity contribution in [1.82, 2.24) is 10.9 Å². The molecule has 22 heavy (non-hydrogen) atoms. The van der Waals surface area contributed by atoms with Crippen LogP contribution < -0.4 is 20.3 Å². The van der Waals surface area contributed by atoms with Gasteiger partial charge in [-0.3, -0.25) is 20.4 Å². The van der Waals surface area contributed by atoms with Crippen LogP contribution in [0.15, 0.2) is 30.4 Å². The molecule has 6 heteroatoms. The standard InChI is InChI=1S/C16H18N2O4/c19-15(9-11-3-1-2-4-11)17-18-16(20)12-5-6-13-14(10-12)22-8-7-21-13/h1,3,5-6,10-11H,2,4,7-9H2,(H,17,19)(H,18,20). The lowest BCUT2D eigenvalue weighted by Crippen LogP contribution is -2.42. The molecule has 0 aromatic heterocycles. The molecule has 0 fully saturated rings. The topological polar surface area (TPSA) is 76.7 Å². The highest BCUT2D eigenvalue weighted by Crippen LogP contribution is 2.30. The number of amides is 2. The SMILES string of the molecule is O=C(CC1C=CCC1)NNC(=O)c1ccc2c(c1)OCCO2. The van der Waals surface area contributed by atoms with Gasteiger partial charge in [-0.25, -0.2) is 0 Å². The third-order valence-electron chi connectivity index (χ3n) is 3.68. The van der Waals surface area contributed by atoms with E-state index in [9.17, 15) is 9.59 Å². The minimum atomic E-state index is -0.382. The molecule has 1 heterocycles. The van der Waals surface area contributed by atoms with E-state index >= 15 is 0 Å². The molecule has 1 aliphatic carbocycles. The van der Waals surface area contributed by atoms with E-state index in [1.165, 1.54) is 0 Å². The van der Waals surface area contributed by atoms with Gasteiger partial charge in [0.25, 0.3) is 5.91 Å². The summed E-state index contributed by atoms with van der Waals surface area (Å²) in [5.41, 5.74) is 5.27. The van der Waals surface area contributed by atoms with Crippen molar-refractivity contribution >= 4 is 11.8 Å². The minimum Gasteiger partial charge on any atom is -0.486 e. The van der Waals surface area contributed by atoms with Crippen LogP contribution in [0.4, 0.5) is 0 Å². The summed E-state index contributed by atoms with van der Waals surface area (Å²) < 4.78 is 10.8. The third kappa shape index (κ3) is 3.39. The van der Waals surface area contributed by atoms with Crippen LogP contribution in [0.1, 0.15) is 29.6 Å². The predicted molar refractivity (Wildman–Crippen MR) is 79.5 cm³/mol. The lowest BCUT2D eigenvalue weighted by atomic mass is 10.1. The van der Waals surface area contributed by atoms with Crippen molar-refractivity contribution in [2.45, 2.75) is 19.3 Å². The van der Waals surface area contributed by atoms with E-state index in [-0.39, 0.29) is 17.7 Å². The number of carbonyl (C=O) groups excluding carboxylic acids is 2. The quantitative estimate of drug-likeness (QED) is 0.656. The maximum Gasteiger partial charge on any atom is 0.269 e. The minimum absolute atomic E-state index is 0.192. The molecule has 1 aliphatic heterocycles. The van der Waals surface area contributed by atoms with Gasteiger partial charge in [0, 0.05) is 12.0 Å². The van der Waals surface area contributed by atoms with Crippen molar-refractivity contribution in [3.05, 3.63) is 35.9 Å². The van der Waals surface area contributed by atoms with Crippen molar-refractivity contribution < 1.29 is 19.1 Å². The first-order chi connectivity index (χ1) is 10.7. The fraction of sp³-hybridized carbons (Fsp3) is 0.375. The van der Waals surface area contributed by atoms with Crippen LogP contribution in [0, 0.1) is 5.92 Å². The highest BCUT2D eigenvalue weighted by atomic mass is 16.6. The van der Waals surface area contributed by atoms with Crippen molar-refractivity contribution in [1.29, 1.82) is 0 Å². The molecule has 1 unspecified atom stereocenters. The van der Waals surface area contributed by atoms with Gasteiger partial charge in [0.1, 0.15) is 13.2 Å². The maximum absolute atomic E-state index is 12.0. The Morgan fingerprint density at radius 2 is 1.95 bits per heavy atom. The van der Waals surface area contributed by atoms with Gasteiger partial charge in [0.2, 0.25) is 5.91 Å². The van der Waals surface area contributed by atoms with Gasteiger partial charge in [-0.1, -0.05) is 12.2 Å². The molecule has 0 saturated carbocycles. The van der Waals surface area contributed by atoms with E-state index in [2.05, 4.69) is 16.9 Å². The fourth-order valence-corrected chi connectivity index (χ4v) is 2.54. The molecule has 116 valence electrons. The van der Waals surface area contributed by atoms with Gasteiger partial charge in [0.15, 0.2) is 11.5 Å². The zero-order valence-electron chi connectivity index (χ0n) is 12.1. The zero-order chi connectivity index (χ0) is 15.4. The van der Waals surface area contributed by atoms with E-state index in [1.54, 1.807) is 18.2 Å². The molecule has 2 N–H and O–H groups in total. The smallest absolute Gasteiger partial charge is 0.269 e. The molecule has 0 spiro atoms. The number of allylic oxidation sites excluding steroid dienone is 2. The highest BCUT2D eigenvalue weighted by Gasteiger charge is 2.17. The summed E-state index contributed by atoms with van der Waals surface area (Å²) >= 11 is 0. The van der Waals surface area contributed by atoms with Gasteiger partial charge < -0.3 is 9.47 Å². The molecule has 0 saturated heterocycles. The summed E-state index contributed by atoms with van der Waals surface area (Å²) in [5.74, 6) is 0.863. The van der Waals surface area contributed by atoms with Crippen molar-refractivity contribution in [3.63, 3.8) is 0 Å². The lowest BCUT2D eigenvalue weighted by molar-refractivity contribution is -0.122. The zero-order valence-corrected chi connectivity index (χ0v) is 12.1. The van der Waals surface area contributed by atoms with E-state index in [4.69, 9.17) is 9.47 Å². The number of ether oxygens (including phenoxy) is 2. The second kappa shape index (κ2) is 6.51. The van der Waals surface area contributed by atoms with Gasteiger partial charge in [-0.05, 0) is 37.0 Å². The normalized spacial score (nSPS) is 18.8. The van der Waals surface area contributed by atoms with E-state index in [1.807, 2.05) is 6.08 Å². The summed E-state index contributed by atoms with van der Waals surface area (Å²) in [6.07, 6.45) is 6.51. The van der Waals surface area contributed by atoms with Crippen LogP contribution in [0.3, 0.4) is 0 Å². The summed E-state index contributed by atoms with van der Waals surface area (Å²) in [5, 5.41) is 0. The summed E-state index contributed by atoms with van der Waals surface area (Å²) in [4.78, 5) is 23.8. The van der Waals surface area contributed by atoms with Crippen molar-refractivity contribution in [2.75, 3.05) is 13.2 Å². The molecule has 3 rings (SSSR count). The Bertz CT molecular complexity index is 612. The third-order valence-corrected chi connectivity index (χ3v) is 3.68. The Balaban J connectivity index is 1.53. The Morgan fingerprint density at radius 1 is 1.14 bits per heavy atom. The van der Waals surface area contributed by atoms with E-state index < -0.39 is 0 Å². The number of rotatable bonds is 3. The number of carbonyl (C=O) groups is 2. The van der Waals surface area contributed by atoms with Crippen LogP contribution in [0.25, 0.3) is 0 Å². The summed E-state index contributed by atoms with van der Waals surface area (Å²) in [6, 6.07) is 4.93. The summed E-state index contributed by atoms with van der Waals surface area (Å²) in [7, 11) is 0. The van der Waals surface area contributed by atoms with Crippen LogP contribution in [0.2, 0.25) is 0 Å². The number of nitrogens with one attached hydrogen (secondary N) is 2. The Morgan fingerprint density at radius 3 is 2.73 bits per heavy atom. The number of hydrazine groups is 1. The Kier molecular flexibility index (Phi) is 4.27. The molecule has 1 aromatic carbocycles. The first-order valence-corrected chi connectivity index (χ1v) is 7.38. The second-order valence-corrected chi connectivity index (χ2v) is 5.33. The highest BCUT2D eigenvalue weighted by molar-refractivity contribution is 5.96. The number of hydrogen-bond donors (Lipinski definition) is 2. The molecule has 2 amide bonds. The fourth-order valence-electron chi connectivity index (χ4n) is 2.54. The van der Waals surface area contributed by atoms with Crippen LogP contribution in [-0.4, -0.2) is 25.0 Å². The molecular weight excluding hydrogens is 284 g/mol. The first-order valence-electron chi connectivity index (χ1n) is 7.38. The second-order valence-electron chi connectivity index (χ2n) is 5.33. The summed E-state index contributed by atoms with van der Waals surface area (Å²) in [6.45, 7) is 0.966. The van der Waals surface area contributed by atoms with E-state index in [0.717, 1.165) is 12.8 Å². The molecule has 6 nitrogen and oxygen atoms in total.